The van der Waals surface area contributed by atoms with Gasteiger partial charge in [0.15, 0.2) is 0 Å². The molecule has 18 heavy (non-hydrogen) atoms. The Bertz CT molecular complexity index is 533. The third kappa shape index (κ3) is 3.09. The smallest absolute Gasteiger partial charge is 0.147 e. The first-order valence-electron chi connectivity index (χ1n) is 5.64. The van der Waals surface area contributed by atoms with Gasteiger partial charge in [-0.2, -0.15) is 0 Å². The van der Waals surface area contributed by atoms with Crippen LogP contribution in [0, 0.1) is 12.7 Å². The van der Waals surface area contributed by atoms with Crippen molar-refractivity contribution in [2.24, 2.45) is 0 Å². The third-order valence-corrected chi connectivity index (χ3v) is 3.90. The van der Waals surface area contributed by atoms with Crippen LogP contribution in [0.5, 0.6) is 0 Å². The average molecular weight is 263 g/mol. The summed E-state index contributed by atoms with van der Waals surface area (Å²) in [7, 11) is 0. The number of hydrogen-bond donors (Lipinski definition) is 1. The van der Waals surface area contributed by atoms with Crippen molar-refractivity contribution in [3.8, 4) is 0 Å². The molecular formula is C14H14FNOS. The van der Waals surface area contributed by atoms with Gasteiger partial charge >= 0.3 is 0 Å². The first kappa shape index (κ1) is 13.1. The Kier molecular flexibility index (Phi) is 4.33. The fourth-order valence-corrected chi connectivity index (χ4v) is 2.62. The molecular weight excluding hydrogens is 249 g/mol. The maximum absolute atomic E-state index is 13.4. The summed E-state index contributed by atoms with van der Waals surface area (Å²) in [6.07, 6.45) is 1.79. The van der Waals surface area contributed by atoms with Crippen LogP contribution in [-0.2, 0) is 0 Å². The van der Waals surface area contributed by atoms with E-state index < -0.39 is 11.9 Å². The van der Waals surface area contributed by atoms with Crippen LogP contribution in [0.4, 0.5) is 4.39 Å². The van der Waals surface area contributed by atoms with Crippen LogP contribution in [0.15, 0.2) is 47.6 Å². The van der Waals surface area contributed by atoms with Gasteiger partial charge in [-0.25, -0.2) is 4.39 Å². The van der Waals surface area contributed by atoms with Crippen molar-refractivity contribution >= 4 is 11.8 Å². The molecule has 0 fully saturated rings. The van der Waals surface area contributed by atoms with Gasteiger partial charge in [-0.1, -0.05) is 18.2 Å². The van der Waals surface area contributed by atoms with Crippen LogP contribution >= 0.6 is 11.8 Å². The van der Waals surface area contributed by atoms with E-state index in [1.807, 2.05) is 31.2 Å². The van der Waals surface area contributed by atoms with Crippen molar-refractivity contribution in [3.05, 3.63) is 59.7 Å². The number of hydrogen-bond acceptors (Lipinski definition) is 3. The Morgan fingerprint density at radius 2 is 2.11 bits per heavy atom. The molecule has 0 amide bonds. The van der Waals surface area contributed by atoms with Gasteiger partial charge in [0.05, 0.1) is 12.3 Å². The van der Waals surface area contributed by atoms with Gasteiger partial charge in [0.2, 0.25) is 0 Å². The van der Waals surface area contributed by atoms with Gasteiger partial charge in [-0.15, -0.1) is 11.8 Å². The second kappa shape index (κ2) is 5.98. The highest BCUT2D eigenvalue weighted by Crippen LogP contribution is 2.27. The van der Waals surface area contributed by atoms with E-state index in [0.29, 0.717) is 11.3 Å². The summed E-state index contributed by atoms with van der Waals surface area (Å²) in [5.74, 6) is -0.0402. The maximum atomic E-state index is 13.4. The molecule has 0 spiro atoms. The molecule has 1 unspecified atom stereocenters. The Balaban J connectivity index is 2.03. The van der Waals surface area contributed by atoms with Gasteiger partial charge < -0.3 is 5.11 Å². The summed E-state index contributed by atoms with van der Waals surface area (Å²) < 4.78 is 13.4. The second-order valence-corrected chi connectivity index (χ2v) is 5.05. The predicted octanol–water partition coefficient (Wildman–Crippen LogP) is 3.35. The third-order valence-electron chi connectivity index (χ3n) is 2.65. The predicted molar refractivity (Wildman–Crippen MR) is 71.1 cm³/mol. The minimum atomic E-state index is -0.822. The molecule has 0 aliphatic heterocycles. The molecule has 0 saturated carbocycles. The number of aliphatic hydroxyl groups excluding tert-OH is 1. The normalized spacial score (nSPS) is 12.4. The molecule has 1 N–H and O–H groups in total. The number of aliphatic hydroxyl groups is 1. The molecule has 1 atom stereocenters. The van der Waals surface area contributed by atoms with E-state index in [9.17, 15) is 9.50 Å². The van der Waals surface area contributed by atoms with Crippen molar-refractivity contribution in [2.75, 3.05) is 5.75 Å². The summed E-state index contributed by atoms with van der Waals surface area (Å²) in [4.78, 5) is 4.77. The highest BCUT2D eigenvalue weighted by molar-refractivity contribution is 7.99. The van der Waals surface area contributed by atoms with Gasteiger partial charge in [-0.3, -0.25) is 4.98 Å². The monoisotopic (exact) mass is 263 g/mol. The number of nitrogens with zero attached hydrogens (tertiary/aromatic N) is 1. The van der Waals surface area contributed by atoms with Crippen molar-refractivity contribution in [3.63, 3.8) is 0 Å². The zero-order valence-electron chi connectivity index (χ0n) is 10.0. The lowest BCUT2D eigenvalue weighted by Crippen LogP contribution is -2.04. The standard InChI is InChI=1S/C14H14FNOS/c1-10-4-2-3-5-14(10)18-9-13(17)11-6-7-16-8-12(11)15/h2-8,13,17H,9H2,1H3. The number of halogens is 1. The lowest BCUT2D eigenvalue weighted by molar-refractivity contribution is 0.198. The Morgan fingerprint density at radius 1 is 1.33 bits per heavy atom. The molecule has 0 aliphatic carbocycles. The van der Waals surface area contributed by atoms with E-state index in [1.54, 1.807) is 0 Å². The minimum absolute atomic E-state index is 0.297. The van der Waals surface area contributed by atoms with Crippen molar-refractivity contribution in [1.82, 2.24) is 4.98 Å². The summed E-state index contributed by atoms with van der Waals surface area (Å²) in [5, 5.41) is 9.96. The van der Waals surface area contributed by atoms with E-state index in [1.165, 1.54) is 24.0 Å². The summed E-state index contributed by atoms with van der Waals surface area (Å²) in [5.41, 5.74) is 1.45. The molecule has 0 saturated heterocycles. The van der Waals surface area contributed by atoms with Gasteiger partial charge in [0.25, 0.3) is 0 Å². The molecule has 2 nitrogen and oxygen atoms in total. The molecule has 4 heteroatoms. The number of aromatic nitrogens is 1. The maximum Gasteiger partial charge on any atom is 0.147 e. The molecule has 1 aromatic carbocycles. The van der Waals surface area contributed by atoms with Crippen molar-refractivity contribution < 1.29 is 9.50 Å². The summed E-state index contributed by atoms with van der Waals surface area (Å²) in [6.45, 7) is 2.02. The molecule has 94 valence electrons. The SMILES string of the molecule is Cc1ccccc1SCC(O)c1ccncc1F. The molecule has 1 heterocycles. The highest BCUT2D eigenvalue weighted by atomic mass is 32.2. The van der Waals surface area contributed by atoms with E-state index in [-0.39, 0.29) is 0 Å². The van der Waals surface area contributed by atoms with Crippen LogP contribution in [-0.4, -0.2) is 15.8 Å². The quantitative estimate of drug-likeness (QED) is 0.859. The van der Waals surface area contributed by atoms with Gasteiger partial charge in [-0.05, 0) is 24.6 Å². The van der Waals surface area contributed by atoms with Crippen LogP contribution in [0.2, 0.25) is 0 Å². The van der Waals surface area contributed by atoms with Crippen LogP contribution < -0.4 is 0 Å². The average Bonchev–Trinajstić information content (AvgIpc) is 2.38. The molecule has 0 aliphatic rings. The van der Waals surface area contributed by atoms with E-state index in [2.05, 4.69) is 4.98 Å². The van der Waals surface area contributed by atoms with E-state index in [4.69, 9.17) is 0 Å². The van der Waals surface area contributed by atoms with Crippen LogP contribution in [0.25, 0.3) is 0 Å². The molecule has 1 aromatic heterocycles. The minimum Gasteiger partial charge on any atom is -0.387 e. The number of aryl methyl sites for hydroxylation is 1. The Morgan fingerprint density at radius 3 is 2.83 bits per heavy atom. The number of pyridine rings is 1. The fourth-order valence-electron chi connectivity index (χ4n) is 1.63. The lowest BCUT2D eigenvalue weighted by Gasteiger charge is -2.12. The first-order chi connectivity index (χ1) is 8.68. The highest BCUT2D eigenvalue weighted by Gasteiger charge is 2.13. The van der Waals surface area contributed by atoms with E-state index >= 15 is 0 Å². The lowest BCUT2D eigenvalue weighted by atomic mass is 10.2. The second-order valence-electron chi connectivity index (χ2n) is 3.99. The van der Waals surface area contributed by atoms with Crippen LogP contribution in [0.3, 0.4) is 0 Å². The number of benzene rings is 1. The van der Waals surface area contributed by atoms with E-state index in [0.717, 1.165) is 16.7 Å². The number of thioether (sulfide) groups is 1. The summed E-state index contributed by atoms with van der Waals surface area (Å²) in [6, 6.07) is 9.45. The van der Waals surface area contributed by atoms with Gasteiger partial charge in [0.1, 0.15) is 5.82 Å². The molecule has 2 aromatic rings. The largest absolute Gasteiger partial charge is 0.387 e. The zero-order valence-corrected chi connectivity index (χ0v) is 10.8. The first-order valence-corrected chi connectivity index (χ1v) is 6.63. The van der Waals surface area contributed by atoms with Crippen molar-refractivity contribution in [1.29, 1.82) is 0 Å². The Labute approximate surface area is 110 Å². The fraction of sp³-hybridized carbons (Fsp3) is 0.214. The molecule has 0 radical (unpaired) electrons. The van der Waals surface area contributed by atoms with Crippen LogP contribution in [0.1, 0.15) is 17.2 Å². The zero-order chi connectivity index (χ0) is 13.0. The Hall–Kier alpha value is -1.39. The summed E-state index contributed by atoms with van der Waals surface area (Å²) >= 11 is 1.52. The topological polar surface area (TPSA) is 33.1 Å². The molecule has 0 bridgehead atoms. The van der Waals surface area contributed by atoms with Crippen molar-refractivity contribution in [2.45, 2.75) is 17.9 Å². The molecule has 2 rings (SSSR count). The number of rotatable bonds is 4. The van der Waals surface area contributed by atoms with Gasteiger partial charge in [0, 0.05) is 22.4 Å².